The Bertz CT molecular complexity index is 205. The van der Waals surface area contributed by atoms with Crippen LogP contribution in [-0.2, 0) is 4.79 Å². The van der Waals surface area contributed by atoms with Gasteiger partial charge >= 0.3 is 0 Å². The van der Waals surface area contributed by atoms with Crippen LogP contribution in [0.4, 0.5) is 0 Å². The first-order valence-corrected chi connectivity index (χ1v) is 5.81. The van der Waals surface area contributed by atoms with Crippen molar-refractivity contribution in [2.75, 3.05) is 0 Å². The topological polar surface area (TPSA) is 17.1 Å². The van der Waals surface area contributed by atoms with E-state index >= 15 is 0 Å². The van der Waals surface area contributed by atoms with Crippen molar-refractivity contribution >= 4 is 5.78 Å². The number of hydrogen-bond acceptors (Lipinski definition) is 1. The Hall–Kier alpha value is -0.330. The zero-order chi connectivity index (χ0) is 11.6. The molecular weight excluding hydrogens is 172 g/mol. The third kappa shape index (κ3) is 2.18. The summed E-state index contributed by atoms with van der Waals surface area (Å²) in [6.45, 7) is 14.5. The molecule has 0 aliphatic heterocycles. The summed E-state index contributed by atoms with van der Waals surface area (Å²) in [7, 11) is 0. The Morgan fingerprint density at radius 2 is 1.57 bits per heavy atom. The monoisotopic (exact) mass is 198 g/mol. The van der Waals surface area contributed by atoms with Gasteiger partial charge in [0.05, 0.1) is 0 Å². The number of ketones is 1. The number of carbonyl (C=O) groups is 1. The number of hydrogen-bond donors (Lipinski definition) is 0. The van der Waals surface area contributed by atoms with Gasteiger partial charge in [0.15, 0.2) is 0 Å². The third-order valence-corrected chi connectivity index (χ3v) is 3.89. The standard InChI is InChI=1S/C11H20O.C2H6/c1-8-6-10(3,4)11(5,7-8)9(2)12;1-2/h8H,6-7H2,1-5H3;1-2H3. The molecule has 0 heterocycles. The second-order valence-electron chi connectivity index (χ2n) is 5.29. The lowest BCUT2D eigenvalue weighted by Crippen LogP contribution is -2.35. The zero-order valence-electron chi connectivity index (χ0n) is 10.9. The number of rotatable bonds is 1. The summed E-state index contributed by atoms with van der Waals surface area (Å²) in [6.07, 6.45) is 2.25. The molecule has 0 amide bonds. The van der Waals surface area contributed by atoms with Crippen LogP contribution in [0.3, 0.4) is 0 Å². The molecule has 0 aromatic carbocycles. The van der Waals surface area contributed by atoms with Gasteiger partial charge in [0.1, 0.15) is 5.78 Å². The summed E-state index contributed by atoms with van der Waals surface area (Å²) in [5, 5.41) is 0. The molecule has 0 aromatic heterocycles. The Labute approximate surface area is 89.3 Å². The van der Waals surface area contributed by atoms with E-state index in [4.69, 9.17) is 0 Å². The Balaban J connectivity index is 0.000000791. The fourth-order valence-electron chi connectivity index (χ4n) is 2.76. The minimum Gasteiger partial charge on any atom is -0.299 e. The summed E-state index contributed by atoms with van der Waals surface area (Å²) in [6, 6.07) is 0. The van der Waals surface area contributed by atoms with E-state index in [1.54, 1.807) is 6.92 Å². The zero-order valence-corrected chi connectivity index (χ0v) is 10.9. The largest absolute Gasteiger partial charge is 0.299 e. The first kappa shape index (κ1) is 13.7. The minimum absolute atomic E-state index is 0.0770. The van der Waals surface area contributed by atoms with Crippen LogP contribution in [0.5, 0.6) is 0 Å². The SMILES string of the molecule is CC.CC(=O)C1(C)CC(C)CC1(C)C. The lowest BCUT2D eigenvalue weighted by atomic mass is 9.67. The molecule has 1 saturated carbocycles. The van der Waals surface area contributed by atoms with Gasteiger partial charge in [0, 0.05) is 5.41 Å². The van der Waals surface area contributed by atoms with Gasteiger partial charge in [-0.3, -0.25) is 4.79 Å². The molecule has 2 atom stereocenters. The van der Waals surface area contributed by atoms with Crippen LogP contribution in [0.2, 0.25) is 0 Å². The Morgan fingerprint density at radius 3 is 1.71 bits per heavy atom. The van der Waals surface area contributed by atoms with E-state index in [2.05, 4.69) is 27.7 Å². The summed E-state index contributed by atoms with van der Waals surface area (Å²) < 4.78 is 0. The summed E-state index contributed by atoms with van der Waals surface area (Å²) >= 11 is 0. The Kier molecular flexibility index (Phi) is 4.35. The highest BCUT2D eigenvalue weighted by atomic mass is 16.1. The molecule has 2 unspecified atom stereocenters. The van der Waals surface area contributed by atoms with Crippen LogP contribution >= 0.6 is 0 Å². The van der Waals surface area contributed by atoms with Gasteiger partial charge in [0.25, 0.3) is 0 Å². The third-order valence-electron chi connectivity index (χ3n) is 3.89. The van der Waals surface area contributed by atoms with Crippen molar-refractivity contribution in [2.24, 2.45) is 16.7 Å². The quantitative estimate of drug-likeness (QED) is 0.621. The van der Waals surface area contributed by atoms with Gasteiger partial charge < -0.3 is 0 Å². The highest BCUT2D eigenvalue weighted by Gasteiger charge is 2.50. The minimum atomic E-state index is -0.0770. The van der Waals surface area contributed by atoms with Crippen LogP contribution in [-0.4, -0.2) is 5.78 Å². The van der Waals surface area contributed by atoms with Crippen molar-refractivity contribution in [1.82, 2.24) is 0 Å². The van der Waals surface area contributed by atoms with Crippen molar-refractivity contribution in [3.05, 3.63) is 0 Å². The summed E-state index contributed by atoms with van der Waals surface area (Å²) in [5.41, 5.74) is 0.116. The van der Waals surface area contributed by atoms with Gasteiger partial charge in [0.2, 0.25) is 0 Å². The van der Waals surface area contributed by atoms with Crippen LogP contribution in [0, 0.1) is 16.7 Å². The first-order chi connectivity index (χ1) is 6.29. The molecule has 1 rings (SSSR count). The average molecular weight is 198 g/mol. The van der Waals surface area contributed by atoms with E-state index < -0.39 is 0 Å². The molecule has 0 spiro atoms. The maximum Gasteiger partial charge on any atom is 0.136 e. The molecule has 84 valence electrons. The smallest absolute Gasteiger partial charge is 0.136 e. The Morgan fingerprint density at radius 1 is 1.14 bits per heavy atom. The van der Waals surface area contributed by atoms with Crippen molar-refractivity contribution in [3.63, 3.8) is 0 Å². The fraction of sp³-hybridized carbons (Fsp3) is 0.923. The predicted octanol–water partition coefficient (Wildman–Crippen LogP) is 4.06. The molecule has 1 heteroatoms. The lowest BCUT2D eigenvalue weighted by molar-refractivity contribution is -0.130. The van der Waals surface area contributed by atoms with Crippen LogP contribution in [0.15, 0.2) is 0 Å². The summed E-state index contributed by atoms with van der Waals surface area (Å²) in [4.78, 5) is 11.5. The predicted molar refractivity (Wildman–Crippen MR) is 62.3 cm³/mol. The van der Waals surface area contributed by atoms with Crippen molar-refractivity contribution in [1.29, 1.82) is 0 Å². The molecule has 1 fully saturated rings. The van der Waals surface area contributed by atoms with Gasteiger partial charge in [-0.1, -0.05) is 41.5 Å². The van der Waals surface area contributed by atoms with E-state index in [-0.39, 0.29) is 10.8 Å². The van der Waals surface area contributed by atoms with Gasteiger partial charge in [-0.15, -0.1) is 0 Å². The first-order valence-electron chi connectivity index (χ1n) is 5.81. The molecule has 14 heavy (non-hydrogen) atoms. The molecule has 1 nitrogen and oxygen atoms in total. The van der Waals surface area contributed by atoms with Gasteiger partial charge in [-0.2, -0.15) is 0 Å². The molecule has 0 N–H and O–H groups in total. The van der Waals surface area contributed by atoms with E-state index in [9.17, 15) is 4.79 Å². The molecule has 0 saturated heterocycles. The van der Waals surface area contributed by atoms with Crippen molar-refractivity contribution in [3.8, 4) is 0 Å². The molecule has 0 aromatic rings. The maximum atomic E-state index is 11.5. The van der Waals surface area contributed by atoms with Crippen LogP contribution in [0.25, 0.3) is 0 Å². The fourth-order valence-corrected chi connectivity index (χ4v) is 2.76. The number of carbonyl (C=O) groups excluding carboxylic acids is 1. The van der Waals surface area contributed by atoms with Crippen molar-refractivity contribution < 1.29 is 4.79 Å². The van der Waals surface area contributed by atoms with Gasteiger partial charge in [-0.05, 0) is 31.1 Å². The van der Waals surface area contributed by atoms with Crippen LogP contribution < -0.4 is 0 Å². The molecule has 0 radical (unpaired) electrons. The molecular formula is C13H26O. The van der Waals surface area contributed by atoms with Crippen LogP contribution in [0.1, 0.15) is 61.3 Å². The lowest BCUT2D eigenvalue weighted by Gasteiger charge is -2.35. The highest BCUT2D eigenvalue weighted by Crippen LogP contribution is 2.55. The summed E-state index contributed by atoms with van der Waals surface area (Å²) in [5.74, 6) is 1.06. The van der Waals surface area contributed by atoms with Crippen molar-refractivity contribution in [2.45, 2.75) is 61.3 Å². The molecule has 1 aliphatic carbocycles. The highest BCUT2D eigenvalue weighted by molar-refractivity contribution is 5.83. The van der Waals surface area contributed by atoms with E-state index in [0.29, 0.717) is 11.7 Å². The van der Waals surface area contributed by atoms with E-state index in [1.807, 2.05) is 13.8 Å². The van der Waals surface area contributed by atoms with Gasteiger partial charge in [-0.25, -0.2) is 0 Å². The normalized spacial score (nSPS) is 34.6. The average Bonchev–Trinajstić information content (AvgIpc) is 2.25. The molecule has 0 bridgehead atoms. The maximum absolute atomic E-state index is 11.5. The second kappa shape index (κ2) is 4.46. The molecule has 1 aliphatic rings. The van der Waals surface area contributed by atoms with E-state index in [1.165, 1.54) is 6.42 Å². The second-order valence-corrected chi connectivity index (χ2v) is 5.29. The number of Topliss-reactive ketones (excluding diaryl/α,β-unsaturated/α-hetero) is 1. The van der Waals surface area contributed by atoms with E-state index in [0.717, 1.165) is 6.42 Å².